The van der Waals surface area contributed by atoms with Crippen molar-refractivity contribution >= 4 is 35.4 Å². The molecular formula is C16H17ClN4. The smallest absolute Gasteiger partial charge is 0.147 e. The van der Waals surface area contributed by atoms with Gasteiger partial charge in [0, 0.05) is 26.0 Å². The fourth-order valence-corrected chi connectivity index (χ4v) is 1.82. The van der Waals surface area contributed by atoms with E-state index in [0.29, 0.717) is 11.0 Å². The zero-order valence-corrected chi connectivity index (χ0v) is 12.7. The zero-order chi connectivity index (χ0) is 15.1. The quantitative estimate of drug-likeness (QED) is 0.517. The first-order chi connectivity index (χ1) is 10.1. The fraction of sp³-hybridized carbons (Fsp3) is 0.125. The van der Waals surface area contributed by atoms with E-state index in [4.69, 9.17) is 11.6 Å². The van der Waals surface area contributed by atoms with E-state index in [9.17, 15) is 0 Å². The molecule has 1 heterocycles. The van der Waals surface area contributed by atoms with Crippen LogP contribution in [-0.4, -0.2) is 25.3 Å². The van der Waals surface area contributed by atoms with Gasteiger partial charge in [0.05, 0.1) is 0 Å². The molecule has 108 valence electrons. The predicted octanol–water partition coefficient (Wildman–Crippen LogP) is 3.91. The summed E-state index contributed by atoms with van der Waals surface area (Å²) in [6, 6.07) is 13.6. The van der Waals surface area contributed by atoms with Gasteiger partial charge in [-0.15, -0.1) is 0 Å². The third kappa shape index (κ3) is 4.93. The van der Waals surface area contributed by atoms with Crippen LogP contribution in [0.2, 0.25) is 5.15 Å². The summed E-state index contributed by atoms with van der Waals surface area (Å²) < 4.78 is 0. The molecule has 1 aromatic heterocycles. The van der Waals surface area contributed by atoms with Crippen LogP contribution in [-0.2, 0) is 0 Å². The maximum Gasteiger partial charge on any atom is 0.147 e. The lowest BCUT2D eigenvalue weighted by molar-refractivity contribution is 1.13. The molecule has 0 amide bonds. The Labute approximate surface area is 129 Å². The van der Waals surface area contributed by atoms with E-state index in [2.05, 4.69) is 44.7 Å². The Hall–Kier alpha value is -2.33. The molecule has 0 saturated carbocycles. The molecule has 2 rings (SSSR count). The number of rotatable bonds is 5. The molecule has 0 aliphatic heterocycles. The van der Waals surface area contributed by atoms with Crippen molar-refractivity contribution in [1.82, 2.24) is 4.98 Å². The van der Waals surface area contributed by atoms with Crippen molar-refractivity contribution in [3.8, 4) is 0 Å². The lowest BCUT2D eigenvalue weighted by Gasteiger charge is -2.11. The van der Waals surface area contributed by atoms with Gasteiger partial charge < -0.3 is 4.90 Å². The van der Waals surface area contributed by atoms with E-state index in [0.717, 1.165) is 5.56 Å². The molecule has 0 aliphatic carbocycles. The molecule has 0 spiro atoms. The highest BCUT2D eigenvalue weighted by Crippen LogP contribution is 2.13. The molecule has 5 heteroatoms. The maximum absolute atomic E-state index is 5.78. The minimum atomic E-state index is 0.437. The van der Waals surface area contributed by atoms with E-state index >= 15 is 0 Å². The Morgan fingerprint density at radius 2 is 1.90 bits per heavy atom. The van der Waals surface area contributed by atoms with Gasteiger partial charge in [-0.1, -0.05) is 35.9 Å². The molecule has 0 atom stereocenters. The first kappa shape index (κ1) is 15.1. The molecule has 0 bridgehead atoms. The number of pyridine rings is 1. The standard InChI is InChI=1S/C16H17ClN4/c1-21(2)14-10-8-13(9-11-14)5-4-12-18-20-16-7-3-6-15(17)19-16/h3-12H,1-2H3,(H,19,20)/b5-4+,18-12-. The fourth-order valence-electron chi connectivity index (χ4n) is 1.65. The average molecular weight is 301 g/mol. The molecule has 2 aromatic rings. The number of halogens is 1. The van der Waals surface area contributed by atoms with Crippen molar-refractivity contribution in [2.75, 3.05) is 24.4 Å². The maximum atomic E-state index is 5.78. The second-order valence-electron chi connectivity index (χ2n) is 4.58. The highest BCUT2D eigenvalue weighted by molar-refractivity contribution is 6.29. The summed E-state index contributed by atoms with van der Waals surface area (Å²) in [5.41, 5.74) is 5.11. The van der Waals surface area contributed by atoms with Crippen LogP contribution in [0.4, 0.5) is 11.5 Å². The monoisotopic (exact) mass is 300 g/mol. The predicted molar refractivity (Wildman–Crippen MR) is 91.2 cm³/mol. The number of allylic oxidation sites excluding steroid dienone is 1. The Balaban J connectivity index is 1.88. The molecule has 4 nitrogen and oxygen atoms in total. The lowest BCUT2D eigenvalue weighted by Crippen LogP contribution is -2.07. The molecule has 0 fully saturated rings. The highest BCUT2D eigenvalue weighted by atomic mass is 35.5. The van der Waals surface area contributed by atoms with Gasteiger partial charge in [-0.3, -0.25) is 5.43 Å². The van der Waals surface area contributed by atoms with Crippen LogP contribution in [0.25, 0.3) is 6.08 Å². The lowest BCUT2D eigenvalue weighted by atomic mass is 10.2. The van der Waals surface area contributed by atoms with E-state index in [1.54, 1.807) is 18.3 Å². The van der Waals surface area contributed by atoms with E-state index < -0.39 is 0 Å². The van der Waals surface area contributed by atoms with Crippen LogP contribution in [0.15, 0.2) is 53.6 Å². The van der Waals surface area contributed by atoms with Crippen molar-refractivity contribution in [2.24, 2.45) is 5.10 Å². The number of benzene rings is 1. The normalized spacial score (nSPS) is 11.2. The van der Waals surface area contributed by atoms with Gasteiger partial charge in [0.25, 0.3) is 0 Å². The minimum Gasteiger partial charge on any atom is -0.378 e. The summed E-state index contributed by atoms with van der Waals surface area (Å²) in [6.07, 6.45) is 5.51. The average Bonchev–Trinajstić information content (AvgIpc) is 2.47. The minimum absolute atomic E-state index is 0.437. The van der Waals surface area contributed by atoms with Gasteiger partial charge in [0.2, 0.25) is 0 Å². The summed E-state index contributed by atoms with van der Waals surface area (Å²) in [5.74, 6) is 0.613. The van der Waals surface area contributed by atoms with Gasteiger partial charge in [-0.25, -0.2) is 4.98 Å². The van der Waals surface area contributed by atoms with Crippen LogP contribution in [0.1, 0.15) is 5.56 Å². The van der Waals surface area contributed by atoms with Gasteiger partial charge in [0.1, 0.15) is 11.0 Å². The molecule has 0 saturated heterocycles. The Kier molecular flexibility index (Phi) is 5.35. The summed E-state index contributed by atoms with van der Waals surface area (Å²) >= 11 is 5.78. The summed E-state index contributed by atoms with van der Waals surface area (Å²) in [6.45, 7) is 0. The van der Waals surface area contributed by atoms with E-state index in [-0.39, 0.29) is 0 Å². The van der Waals surface area contributed by atoms with Crippen molar-refractivity contribution in [1.29, 1.82) is 0 Å². The van der Waals surface area contributed by atoms with Crippen molar-refractivity contribution in [3.05, 3.63) is 59.3 Å². The van der Waals surface area contributed by atoms with Crippen molar-refractivity contribution < 1.29 is 0 Å². The largest absolute Gasteiger partial charge is 0.378 e. The van der Waals surface area contributed by atoms with Crippen LogP contribution in [0.3, 0.4) is 0 Å². The Bertz CT molecular complexity index is 633. The van der Waals surface area contributed by atoms with Gasteiger partial charge in [-0.05, 0) is 35.9 Å². The highest BCUT2D eigenvalue weighted by Gasteiger charge is 1.93. The number of aromatic nitrogens is 1. The third-order valence-electron chi connectivity index (χ3n) is 2.75. The second-order valence-corrected chi connectivity index (χ2v) is 4.97. The molecule has 1 N–H and O–H groups in total. The SMILES string of the molecule is CN(C)c1ccc(/C=C/C=N\Nc2cccc(Cl)n2)cc1. The van der Waals surface area contributed by atoms with Crippen LogP contribution in [0, 0.1) is 0 Å². The number of nitrogens with one attached hydrogen (secondary N) is 1. The topological polar surface area (TPSA) is 40.5 Å². The second kappa shape index (κ2) is 7.45. The molecule has 21 heavy (non-hydrogen) atoms. The summed E-state index contributed by atoms with van der Waals surface area (Å²) in [4.78, 5) is 6.13. The number of hydrogen-bond acceptors (Lipinski definition) is 4. The van der Waals surface area contributed by atoms with Crippen LogP contribution >= 0.6 is 11.6 Å². The van der Waals surface area contributed by atoms with Crippen molar-refractivity contribution in [3.63, 3.8) is 0 Å². The van der Waals surface area contributed by atoms with Gasteiger partial charge in [-0.2, -0.15) is 5.10 Å². The summed E-state index contributed by atoms with van der Waals surface area (Å²) in [5, 5.41) is 4.49. The number of hydrazone groups is 1. The molecule has 0 radical (unpaired) electrons. The first-order valence-corrected chi connectivity index (χ1v) is 6.88. The van der Waals surface area contributed by atoms with Crippen molar-refractivity contribution in [2.45, 2.75) is 0 Å². The third-order valence-corrected chi connectivity index (χ3v) is 2.96. The van der Waals surface area contributed by atoms with Gasteiger partial charge in [0.15, 0.2) is 0 Å². The van der Waals surface area contributed by atoms with E-state index in [1.807, 2.05) is 32.3 Å². The van der Waals surface area contributed by atoms with Crippen LogP contribution < -0.4 is 10.3 Å². The molecular weight excluding hydrogens is 284 g/mol. The molecule has 0 unspecified atom stereocenters. The van der Waals surface area contributed by atoms with Crippen LogP contribution in [0.5, 0.6) is 0 Å². The number of anilines is 2. The Morgan fingerprint density at radius 3 is 2.57 bits per heavy atom. The van der Waals surface area contributed by atoms with E-state index in [1.165, 1.54) is 5.69 Å². The Morgan fingerprint density at radius 1 is 1.14 bits per heavy atom. The molecule has 0 aliphatic rings. The first-order valence-electron chi connectivity index (χ1n) is 6.51. The zero-order valence-electron chi connectivity index (χ0n) is 12.0. The molecule has 1 aromatic carbocycles. The van der Waals surface area contributed by atoms with Gasteiger partial charge >= 0.3 is 0 Å². The number of nitrogens with zero attached hydrogens (tertiary/aromatic N) is 3. The summed E-state index contributed by atoms with van der Waals surface area (Å²) in [7, 11) is 4.04. The number of hydrogen-bond donors (Lipinski definition) is 1.